The van der Waals surface area contributed by atoms with Gasteiger partial charge in [0.05, 0.1) is 26.7 Å². The summed E-state index contributed by atoms with van der Waals surface area (Å²) < 4.78 is 26.3. The van der Waals surface area contributed by atoms with E-state index in [2.05, 4.69) is 20.8 Å². The molecule has 144 valence electrons. The summed E-state index contributed by atoms with van der Waals surface area (Å²) in [6.45, 7) is 2.14. The summed E-state index contributed by atoms with van der Waals surface area (Å²) in [5.74, 6) is -0.287. The number of rotatable bonds is 4. The monoisotopic (exact) mass is 416 g/mol. The maximum Gasteiger partial charge on any atom is 0.258 e. The molecule has 1 atom stereocenters. The van der Waals surface area contributed by atoms with Gasteiger partial charge < -0.3 is 5.32 Å². The van der Waals surface area contributed by atoms with E-state index in [0.29, 0.717) is 22.8 Å². The van der Waals surface area contributed by atoms with Crippen molar-refractivity contribution in [2.24, 2.45) is 0 Å². The van der Waals surface area contributed by atoms with E-state index in [1.165, 1.54) is 0 Å². The molecule has 0 aliphatic carbocycles. The third kappa shape index (κ3) is 3.19. The van der Waals surface area contributed by atoms with Gasteiger partial charge in [-0.2, -0.15) is 5.10 Å². The standard InChI is InChI=1S/C19H17ClN4O3S/c1-11-5-4-6-12(9-11)28(26,27)19-16-15(10-21-19)23-24-17(16)22-18(25)13-7-2-3-8-14(13)20/h2-9,19,21H,10H2,1H3,(H2,22,23,24,25). The minimum Gasteiger partial charge on any atom is -0.305 e. The van der Waals surface area contributed by atoms with Crippen molar-refractivity contribution in [3.63, 3.8) is 0 Å². The van der Waals surface area contributed by atoms with Crippen LogP contribution in [0.2, 0.25) is 5.02 Å². The van der Waals surface area contributed by atoms with Crippen LogP contribution in [-0.2, 0) is 16.4 Å². The summed E-state index contributed by atoms with van der Waals surface area (Å²) in [5.41, 5.74) is 2.17. The van der Waals surface area contributed by atoms with Crippen LogP contribution in [0.3, 0.4) is 0 Å². The van der Waals surface area contributed by atoms with Gasteiger partial charge in [-0.05, 0) is 36.8 Å². The van der Waals surface area contributed by atoms with Gasteiger partial charge in [-0.25, -0.2) is 8.42 Å². The molecule has 1 aliphatic rings. The summed E-state index contributed by atoms with van der Waals surface area (Å²) in [4.78, 5) is 12.8. The van der Waals surface area contributed by atoms with Crippen molar-refractivity contribution in [3.05, 3.63) is 75.9 Å². The van der Waals surface area contributed by atoms with Gasteiger partial charge in [-0.1, -0.05) is 35.9 Å². The van der Waals surface area contributed by atoms with E-state index in [9.17, 15) is 13.2 Å². The van der Waals surface area contributed by atoms with Gasteiger partial charge in [0.2, 0.25) is 0 Å². The molecule has 28 heavy (non-hydrogen) atoms. The van der Waals surface area contributed by atoms with Crippen LogP contribution in [0.4, 0.5) is 5.82 Å². The lowest BCUT2D eigenvalue weighted by Gasteiger charge is -2.15. The largest absolute Gasteiger partial charge is 0.305 e. The predicted molar refractivity (Wildman–Crippen MR) is 106 cm³/mol. The Hall–Kier alpha value is -2.68. The van der Waals surface area contributed by atoms with Crippen molar-refractivity contribution >= 4 is 33.2 Å². The van der Waals surface area contributed by atoms with Gasteiger partial charge in [0, 0.05) is 6.54 Å². The number of halogens is 1. The molecule has 1 amide bonds. The molecule has 0 saturated carbocycles. The number of nitrogens with one attached hydrogen (secondary N) is 3. The number of carbonyl (C=O) groups excluding carboxylic acids is 1. The van der Waals surface area contributed by atoms with Crippen LogP contribution in [0.5, 0.6) is 0 Å². The number of fused-ring (bicyclic) bond motifs is 1. The second kappa shape index (κ2) is 7.05. The first-order chi connectivity index (χ1) is 13.4. The van der Waals surface area contributed by atoms with Gasteiger partial charge in [-0.3, -0.25) is 15.2 Å². The molecule has 1 aromatic heterocycles. The second-order valence-corrected chi connectivity index (χ2v) is 8.96. The maximum absolute atomic E-state index is 13.2. The number of aromatic nitrogens is 2. The summed E-state index contributed by atoms with van der Waals surface area (Å²) in [6, 6.07) is 13.3. The summed E-state index contributed by atoms with van der Waals surface area (Å²) >= 11 is 6.08. The second-order valence-electron chi connectivity index (χ2n) is 6.52. The molecule has 0 spiro atoms. The minimum absolute atomic E-state index is 0.172. The number of aromatic amines is 1. The molecule has 0 saturated heterocycles. The van der Waals surface area contributed by atoms with Crippen LogP contribution in [0.15, 0.2) is 53.4 Å². The van der Waals surface area contributed by atoms with Crippen molar-refractivity contribution in [2.75, 3.05) is 5.32 Å². The van der Waals surface area contributed by atoms with Gasteiger partial charge in [0.1, 0.15) is 5.37 Å². The van der Waals surface area contributed by atoms with Crippen LogP contribution in [0.1, 0.15) is 32.6 Å². The first kappa shape index (κ1) is 18.7. The molecule has 7 nitrogen and oxygen atoms in total. The highest BCUT2D eigenvalue weighted by atomic mass is 35.5. The number of hydrogen-bond donors (Lipinski definition) is 3. The number of H-pyrrole nitrogens is 1. The fourth-order valence-corrected chi connectivity index (χ4v) is 5.19. The Bertz CT molecular complexity index is 1170. The first-order valence-electron chi connectivity index (χ1n) is 8.55. The summed E-state index contributed by atoms with van der Waals surface area (Å²) in [6.07, 6.45) is 0. The van der Waals surface area contributed by atoms with E-state index in [4.69, 9.17) is 11.6 Å². The van der Waals surface area contributed by atoms with Gasteiger partial charge >= 0.3 is 0 Å². The number of amides is 1. The third-order valence-corrected chi connectivity index (χ3v) is 6.85. The number of sulfone groups is 1. The lowest BCUT2D eigenvalue weighted by molar-refractivity contribution is 0.102. The molecule has 0 fully saturated rings. The first-order valence-corrected chi connectivity index (χ1v) is 10.5. The average Bonchev–Trinajstić information content (AvgIpc) is 3.25. The number of benzene rings is 2. The zero-order valence-corrected chi connectivity index (χ0v) is 16.4. The number of anilines is 1. The highest BCUT2D eigenvalue weighted by Crippen LogP contribution is 2.37. The van der Waals surface area contributed by atoms with Gasteiger partial charge in [-0.15, -0.1) is 0 Å². The molecular formula is C19H17ClN4O3S. The predicted octanol–water partition coefficient (Wildman–Crippen LogP) is 3.20. The van der Waals surface area contributed by atoms with Crippen LogP contribution in [-0.4, -0.2) is 24.5 Å². The van der Waals surface area contributed by atoms with Crippen LogP contribution in [0.25, 0.3) is 0 Å². The minimum atomic E-state index is -3.72. The molecule has 2 aromatic carbocycles. The Morgan fingerprint density at radius 1 is 1.21 bits per heavy atom. The molecular weight excluding hydrogens is 400 g/mol. The van der Waals surface area contributed by atoms with Crippen molar-refractivity contribution in [1.29, 1.82) is 0 Å². The lowest BCUT2D eigenvalue weighted by atomic mass is 10.2. The molecule has 4 rings (SSSR count). The summed E-state index contributed by atoms with van der Waals surface area (Å²) in [7, 11) is -3.72. The molecule has 3 aromatic rings. The number of aryl methyl sites for hydroxylation is 1. The maximum atomic E-state index is 13.2. The van der Waals surface area contributed by atoms with E-state index in [1.54, 1.807) is 42.5 Å². The molecule has 0 radical (unpaired) electrons. The van der Waals surface area contributed by atoms with E-state index < -0.39 is 21.1 Å². The number of nitrogens with zero attached hydrogens (tertiary/aromatic N) is 1. The topological polar surface area (TPSA) is 104 Å². The van der Waals surface area contributed by atoms with Crippen LogP contribution in [0, 0.1) is 6.92 Å². The molecule has 3 N–H and O–H groups in total. The zero-order valence-electron chi connectivity index (χ0n) is 14.9. The Kier molecular flexibility index (Phi) is 4.70. The van der Waals surface area contributed by atoms with E-state index in [-0.39, 0.29) is 16.3 Å². The molecule has 2 heterocycles. The van der Waals surface area contributed by atoms with Gasteiger partial charge in [0.25, 0.3) is 5.91 Å². The number of hydrogen-bond acceptors (Lipinski definition) is 5. The average molecular weight is 417 g/mol. The van der Waals surface area contributed by atoms with Gasteiger partial charge in [0.15, 0.2) is 15.7 Å². The highest BCUT2D eigenvalue weighted by Gasteiger charge is 2.39. The normalized spacial score (nSPS) is 16.0. The van der Waals surface area contributed by atoms with Crippen molar-refractivity contribution in [3.8, 4) is 0 Å². The van der Waals surface area contributed by atoms with E-state index in [0.717, 1.165) is 5.56 Å². The zero-order chi connectivity index (χ0) is 19.9. The lowest BCUT2D eigenvalue weighted by Crippen LogP contribution is -2.24. The van der Waals surface area contributed by atoms with Crippen molar-refractivity contribution in [1.82, 2.24) is 15.5 Å². The van der Waals surface area contributed by atoms with Crippen molar-refractivity contribution in [2.45, 2.75) is 23.7 Å². The van der Waals surface area contributed by atoms with E-state index in [1.807, 2.05) is 13.0 Å². The Morgan fingerprint density at radius 2 is 2.00 bits per heavy atom. The molecule has 9 heteroatoms. The molecule has 1 aliphatic heterocycles. The molecule has 0 bridgehead atoms. The Balaban J connectivity index is 1.69. The third-order valence-electron chi connectivity index (χ3n) is 4.59. The summed E-state index contributed by atoms with van der Waals surface area (Å²) in [5, 5.41) is 11.9. The Morgan fingerprint density at radius 3 is 2.75 bits per heavy atom. The van der Waals surface area contributed by atoms with Crippen molar-refractivity contribution < 1.29 is 13.2 Å². The number of carbonyl (C=O) groups is 1. The van der Waals surface area contributed by atoms with Crippen LogP contribution < -0.4 is 10.6 Å². The SMILES string of the molecule is Cc1cccc(S(=O)(=O)C2NCc3[nH]nc(NC(=O)c4ccccc4Cl)c32)c1. The van der Waals surface area contributed by atoms with Crippen LogP contribution >= 0.6 is 11.6 Å². The fraction of sp³-hybridized carbons (Fsp3) is 0.158. The quantitative estimate of drug-likeness (QED) is 0.605. The van der Waals surface area contributed by atoms with E-state index >= 15 is 0 Å². The highest BCUT2D eigenvalue weighted by molar-refractivity contribution is 7.91. The fourth-order valence-electron chi connectivity index (χ4n) is 3.21. The Labute approximate surface area is 167 Å². The molecule has 1 unspecified atom stereocenters. The smallest absolute Gasteiger partial charge is 0.258 e.